The number of benzene rings is 1. The molecular formula is C8H3BrClF3N2. The molecule has 0 atom stereocenters. The number of imidazole rings is 1. The van der Waals surface area contributed by atoms with Crippen molar-refractivity contribution in [3.05, 3.63) is 27.5 Å². The fourth-order valence-corrected chi connectivity index (χ4v) is 1.89. The van der Waals surface area contributed by atoms with E-state index in [0.717, 1.165) is 6.07 Å². The second-order valence-corrected chi connectivity index (χ2v) is 4.03. The fraction of sp³-hybridized carbons (Fsp3) is 0.125. The number of rotatable bonds is 0. The zero-order valence-corrected chi connectivity index (χ0v) is 9.33. The summed E-state index contributed by atoms with van der Waals surface area (Å²) < 4.78 is 37.7. The number of hydrogen-bond acceptors (Lipinski definition) is 1. The maximum Gasteiger partial charge on any atom is 0.417 e. The molecule has 0 amide bonds. The molecule has 15 heavy (non-hydrogen) atoms. The standard InChI is InChI=1S/C8H3BrClF3N2/c9-7-14-5-1-3(8(11,12)13)4(10)2-6(5)15-7/h1-2H,(H,14,15). The van der Waals surface area contributed by atoms with Crippen LogP contribution < -0.4 is 0 Å². The van der Waals surface area contributed by atoms with E-state index in [1.165, 1.54) is 6.07 Å². The van der Waals surface area contributed by atoms with Crippen LogP contribution >= 0.6 is 27.5 Å². The van der Waals surface area contributed by atoms with Crippen molar-refractivity contribution in [2.24, 2.45) is 0 Å². The van der Waals surface area contributed by atoms with Crippen molar-refractivity contribution >= 4 is 38.6 Å². The molecule has 2 aromatic rings. The molecule has 1 N–H and O–H groups in total. The summed E-state index contributed by atoms with van der Waals surface area (Å²) in [5, 5.41) is -0.353. The van der Waals surface area contributed by atoms with Gasteiger partial charge in [-0.1, -0.05) is 11.6 Å². The van der Waals surface area contributed by atoms with Gasteiger partial charge in [-0.15, -0.1) is 0 Å². The van der Waals surface area contributed by atoms with Gasteiger partial charge in [0.15, 0.2) is 4.73 Å². The third kappa shape index (κ3) is 1.96. The Bertz CT molecular complexity index is 520. The molecule has 2 nitrogen and oxygen atoms in total. The normalized spacial score (nSPS) is 12.3. The number of aromatic amines is 1. The molecule has 0 fully saturated rings. The molecule has 0 aliphatic heterocycles. The van der Waals surface area contributed by atoms with Crippen LogP contribution in [0.4, 0.5) is 13.2 Å². The monoisotopic (exact) mass is 298 g/mol. The molecule has 2 rings (SSSR count). The summed E-state index contributed by atoms with van der Waals surface area (Å²) in [4.78, 5) is 6.55. The van der Waals surface area contributed by atoms with Crippen LogP contribution in [0.3, 0.4) is 0 Å². The van der Waals surface area contributed by atoms with E-state index < -0.39 is 11.7 Å². The summed E-state index contributed by atoms with van der Waals surface area (Å²) in [6.07, 6.45) is -4.46. The van der Waals surface area contributed by atoms with Crippen LogP contribution in [0.15, 0.2) is 16.9 Å². The predicted octanol–water partition coefficient (Wildman–Crippen LogP) is 4.00. The summed E-state index contributed by atoms with van der Waals surface area (Å²) in [6, 6.07) is 2.12. The van der Waals surface area contributed by atoms with Crippen LogP contribution in [0, 0.1) is 0 Å². The topological polar surface area (TPSA) is 28.7 Å². The average molecular weight is 299 g/mol. The average Bonchev–Trinajstić information content (AvgIpc) is 2.40. The van der Waals surface area contributed by atoms with E-state index in [0.29, 0.717) is 15.8 Å². The van der Waals surface area contributed by atoms with Gasteiger partial charge in [0.2, 0.25) is 0 Å². The highest BCUT2D eigenvalue weighted by Gasteiger charge is 2.33. The largest absolute Gasteiger partial charge is 0.417 e. The molecule has 0 aliphatic carbocycles. The summed E-state index contributed by atoms with van der Waals surface area (Å²) in [6.45, 7) is 0. The molecule has 0 saturated heterocycles. The molecule has 80 valence electrons. The third-order valence-electron chi connectivity index (χ3n) is 1.85. The summed E-state index contributed by atoms with van der Waals surface area (Å²) in [5.41, 5.74) is -0.189. The van der Waals surface area contributed by atoms with Crippen molar-refractivity contribution in [2.75, 3.05) is 0 Å². The van der Waals surface area contributed by atoms with E-state index in [-0.39, 0.29) is 5.02 Å². The molecular weight excluding hydrogens is 296 g/mol. The van der Waals surface area contributed by atoms with Gasteiger partial charge in [-0.25, -0.2) is 4.98 Å². The second kappa shape index (κ2) is 3.38. The molecule has 1 aromatic heterocycles. The zero-order valence-electron chi connectivity index (χ0n) is 6.99. The van der Waals surface area contributed by atoms with Gasteiger partial charge in [-0.2, -0.15) is 13.2 Å². The van der Waals surface area contributed by atoms with E-state index in [9.17, 15) is 13.2 Å². The van der Waals surface area contributed by atoms with Crippen LogP contribution in [0.2, 0.25) is 5.02 Å². The fourth-order valence-electron chi connectivity index (χ4n) is 1.22. The van der Waals surface area contributed by atoms with Crippen molar-refractivity contribution in [2.45, 2.75) is 6.18 Å². The van der Waals surface area contributed by atoms with Gasteiger partial charge in [0.1, 0.15) is 0 Å². The highest BCUT2D eigenvalue weighted by atomic mass is 79.9. The Labute approximate surface area is 95.6 Å². The Morgan fingerprint density at radius 1 is 1.33 bits per heavy atom. The van der Waals surface area contributed by atoms with E-state index in [1.54, 1.807) is 0 Å². The van der Waals surface area contributed by atoms with E-state index in [1.807, 2.05) is 0 Å². The van der Waals surface area contributed by atoms with E-state index >= 15 is 0 Å². The minimum atomic E-state index is -4.46. The zero-order chi connectivity index (χ0) is 11.2. The van der Waals surface area contributed by atoms with Crippen LogP contribution in [0.5, 0.6) is 0 Å². The Kier molecular flexibility index (Phi) is 2.42. The van der Waals surface area contributed by atoms with Gasteiger partial charge in [0, 0.05) is 0 Å². The maximum absolute atomic E-state index is 12.5. The summed E-state index contributed by atoms with van der Waals surface area (Å²) in [7, 11) is 0. The number of H-pyrrole nitrogens is 1. The number of halogens is 5. The minimum absolute atomic E-state index is 0.290. The Morgan fingerprint density at radius 2 is 2.00 bits per heavy atom. The van der Waals surface area contributed by atoms with Gasteiger partial charge in [-0.05, 0) is 28.1 Å². The first kappa shape index (κ1) is 10.8. The lowest BCUT2D eigenvalue weighted by Crippen LogP contribution is -2.05. The van der Waals surface area contributed by atoms with Gasteiger partial charge in [0.05, 0.1) is 21.6 Å². The lowest BCUT2D eigenvalue weighted by Gasteiger charge is -2.07. The van der Waals surface area contributed by atoms with Crippen molar-refractivity contribution in [3.8, 4) is 0 Å². The molecule has 0 unspecified atom stereocenters. The Balaban J connectivity index is 2.72. The van der Waals surface area contributed by atoms with Crippen LogP contribution in [-0.4, -0.2) is 9.97 Å². The molecule has 7 heteroatoms. The molecule has 0 saturated carbocycles. The quantitative estimate of drug-likeness (QED) is 0.782. The number of nitrogens with zero attached hydrogens (tertiary/aromatic N) is 1. The summed E-state index contributed by atoms with van der Waals surface area (Å²) in [5.74, 6) is 0. The molecule has 0 bridgehead atoms. The molecule has 0 spiro atoms. The van der Waals surface area contributed by atoms with Crippen LogP contribution in [0.1, 0.15) is 5.56 Å². The van der Waals surface area contributed by atoms with Gasteiger partial charge in [0.25, 0.3) is 0 Å². The van der Waals surface area contributed by atoms with Gasteiger partial charge >= 0.3 is 6.18 Å². The van der Waals surface area contributed by atoms with Crippen LogP contribution in [0.25, 0.3) is 11.0 Å². The SMILES string of the molecule is FC(F)(F)c1cc2[nH]c(Br)nc2cc1Cl. The molecule has 1 heterocycles. The van der Waals surface area contributed by atoms with Gasteiger partial charge < -0.3 is 4.98 Å². The van der Waals surface area contributed by atoms with Crippen molar-refractivity contribution in [1.82, 2.24) is 9.97 Å². The number of alkyl halides is 3. The third-order valence-corrected chi connectivity index (χ3v) is 2.54. The molecule has 1 aromatic carbocycles. The smallest absolute Gasteiger partial charge is 0.332 e. The summed E-state index contributed by atoms with van der Waals surface area (Å²) >= 11 is 8.54. The minimum Gasteiger partial charge on any atom is -0.332 e. The highest BCUT2D eigenvalue weighted by Crippen LogP contribution is 2.36. The van der Waals surface area contributed by atoms with E-state index in [4.69, 9.17) is 11.6 Å². The van der Waals surface area contributed by atoms with Crippen LogP contribution in [-0.2, 0) is 6.18 Å². The van der Waals surface area contributed by atoms with Crippen molar-refractivity contribution in [3.63, 3.8) is 0 Å². The lowest BCUT2D eigenvalue weighted by molar-refractivity contribution is -0.137. The number of aromatic nitrogens is 2. The predicted molar refractivity (Wildman–Crippen MR) is 53.8 cm³/mol. The first-order chi connectivity index (χ1) is 6.88. The highest BCUT2D eigenvalue weighted by molar-refractivity contribution is 9.10. The molecule has 0 radical (unpaired) electrons. The number of fused-ring (bicyclic) bond motifs is 1. The van der Waals surface area contributed by atoms with E-state index in [2.05, 4.69) is 25.9 Å². The second-order valence-electron chi connectivity index (χ2n) is 2.87. The lowest BCUT2D eigenvalue weighted by atomic mass is 10.2. The Morgan fingerprint density at radius 3 is 2.60 bits per heavy atom. The van der Waals surface area contributed by atoms with Crippen molar-refractivity contribution < 1.29 is 13.2 Å². The first-order valence-corrected chi connectivity index (χ1v) is 4.97. The number of nitrogens with one attached hydrogen (secondary N) is 1. The number of hydrogen-bond donors (Lipinski definition) is 1. The Hall–Kier alpha value is -0.750. The van der Waals surface area contributed by atoms with Gasteiger partial charge in [-0.3, -0.25) is 0 Å². The maximum atomic E-state index is 12.5. The molecule has 0 aliphatic rings. The van der Waals surface area contributed by atoms with Crippen molar-refractivity contribution in [1.29, 1.82) is 0 Å². The first-order valence-electron chi connectivity index (χ1n) is 3.80.